The molecule has 2 rings (SSSR count). The van der Waals surface area contributed by atoms with Crippen molar-refractivity contribution in [3.63, 3.8) is 0 Å². The van der Waals surface area contributed by atoms with Gasteiger partial charge in [0.25, 0.3) is 5.91 Å². The van der Waals surface area contributed by atoms with Crippen molar-refractivity contribution < 1.29 is 14.7 Å². The Morgan fingerprint density at radius 1 is 1.22 bits per heavy atom. The van der Waals surface area contributed by atoms with Crippen LogP contribution in [0.25, 0.3) is 0 Å². The minimum absolute atomic E-state index is 0.0711. The van der Waals surface area contributed by atoms with Gasteiger partial charge in [0.05, 0.1) is 0 Å². The van der Waals surface area contributed by atoms with Gasteiger partial charge < -0.3 is 20.2 Å². The molecule has 1 aliphatic rings. The van der Waals surface area contributed by atoms with Gasteiger partial charge in [0.15, 0.2) is 0 Å². The van der Waals surface area contributed by atoms with Crippen molar-refractivity contribution in [3.05, 3.63) is 42.1 Å². The van der Waals surface area contributed by atoms with Gasteiger partial charge in [0.2, 0.25) is 0 Å². The van der Waals surface area contributed by atoms with Crippen molar-refractivity contribution in [2.45, 2.75) is 26.3 Å². The lowest BCUT2D eigenvalue weighted by Gasteiger charge is -2.35. The number of carboxylic acids is 1. The summed E-state index contributed by atoms with van der Waals surface area (Å²) in [4.78, 5) is 27.8. The summed E-state index contributed by atoms with van der Waals surface area (Å²) in [6, 6.07) is 11.0. The van der Waals surface area contributed by atoms with Crippen LogP contribution in [0.5, 0.6) is 0 Å². The fourth-order valence-corrected chi connectivity index (χ4v) is 3.00. The summed E-state index contributed by atoms with van der Waals surface area (Å²) >= 11 is 0. The average molecular weight is 370 g/mol. The number of para-hydroxylation sites is 1. The highest BCUT2D eigenvalue weighted by molar-refractivity contribution is 5.99. The molecule has 7 nitrogen and oxygen atoms in total. The van der Waals surface area contributed by atoms with E-state index in [4.69, 9.17) is 0 Å². The summed E-state index contributed by atoms with van der Waals surface area (Å²) in [6.45, 7) is 6.70. The largest absolute Gasteiger partial charge is 0.480 e. The Hall–Kier alpha value is -3.01. The number of carbonyl (C=O) groups excluding carboxylic acids is 1. The summed E-state index contributed by atoms with van der Waals surface area (Å²) in [5.41, 5.74) is 1.08. The molecular weight excluding hydrogens is 344 g/mol. The van der Waals surface area contributed by atoms with Gasteiger partial charge in [-0.05, 0) is 24.5 Å². The molecule has 1 aromatic carbocycles. The zero-order valence-corrected chi connectivity index (χ0v) is 15.8. The SMILES string of the molecule is CC(C)CC(NC(=O)/C(C#N)=C\N1CCN(c2ccccc2)CC1)C(=O)O. The van der Waals surface area contributed by atoms with E-state index in [-0.39, 0.29) is 11.5 Å². The number of aliphatic carboxylic acids is 1. The van der Waals surface area contributed by atoms with Crippen LogP contribution in [0.1, 0.15) is 20.3 Å². The van der Waals surface area contributed by atoms with E-state index in [2.05, 4.69) is 22.3 Å². The normalized spacial score (nSPS) is 16.0. The standard InChI is InChI=1S/C20H26N4O3/c1-15(2)12-18(20(26)27)22-19(25)16(13-21)14-23-8-10-24(11-9-23)17-6-4-3-5-7-17/h3-7,14-15,18H,8-12H2,1-2H3,(H,22,25)(H,26,27)/b16-14-. The number of carboxylic acid groups (broad SMARTS) is 1. The third-order valence-corrected chi connectivity index (χ3v) is 4.42. The maximum absolute atomic E-state index is 12.3. The smallest absolute Gasteiger partial charge is 0.326 e. The number of hydrogen-bond donors (Lipinski definition) is 2. The lowest BCUT2D eigenvalue weighted by molar-refractivity contribution is -0.141. The molecule has 1 atom stereocenters. The second-order valence-corrected chi connectivity index (χ2v) is 7.01. The Bertz CT molecular complexity index is 716. The minimum Gasteiger partial charge on any atom is -0.480 e. The van der Waals surface area contributed by atoms with E-state index in [1.54, 1.807) is 0 Å². The first-order chi connectivity index (χ1) is 12.9. The van der Waals surface area contributed by atoms with Crippen molar-refractivity contribution in [1.29, 1.82) is 5.26 Å². The first-order valence-electron chi connectivity index (χ1n) is 9.10. The van der Waals surface area contributed by atoms with Crippen molar-refractivity contribution in [2.75, 3.05) is 31.1 Å². The molecule has 0 aromatic heterocycles. The van der Waals surface area contributed by atoms with Crippen molar-refractivity contribution in [1.82, 2.24) is 10.2 Å². The van der Waals surface area contributed by atoms with Crippen LogP contribution in [0.4, 0.5) is 5.69 Å². The number of piperazine rings is 1. The molecule has 144 valence electrons. The summed E-state index contributed by atoms with van der Waals surface area (Å²) in [5, 5.41) is 21.0. The van der Waals surface area contributed by atoms with Crippen molar-refractivity contribution in [3.8, 4) is 6.07 Å². The molecule has 1 aliphatic heterocycles. The van der Waals surface area contributed by atoms with E-state index in [1.165, 1.54) is 6.20 Å². The zero-order valence-electron chi connectivity index (χ0n) is 15.8. The highest BCUT2D eigenvalue weighted by atomic mass is 16.4. The average Bonchev–Trinajstić information content (AvgIpc) is 2.66. The second-order valence-electron chi connectivity index (χ2n) is 7.01. The molecule has 0 spiro atoms. The van der Waals surface area contributed by atoms with Crippen molar-refractivity contribution in [2.24, 2.45) is 5.92 Å². The van der Waals surface area contributed by atoms with Gasteiger partial charge >= 0.3 is 5.97 Å². The molecule has 27 heavy (non-hydrogen) atoms. The monoisotopic (exact) mass is 370 g/mol. The van der Waals surface area contributed by atoms with Gasteiger partial charge in [-0.15, -0.1) is 0 Å². The molecule has 2 N–H and O–H groups in total. The highest BCUT2D eigenvalue weighted by Gasteiger charge is 2.24. The quantitative estimate of drug-likeness (QED) is 0.561. The van der Waals surface area contributed by atoms with E-state index in [0.29, 0.717) is 19.5 Å². The molecule has 0 bridgehead atoms. The molecule has 1 amide bonds. The van der Waals surface area contributed by atoms with Gasteiger partial charge in [-0.1, -0.05) is 32.0 Å². The predicted octanol–water partition coefficient (Wildman–Crippen LogP) is 1.83. The fraction of sp³-hybridized carbons (Fsp3) is 0.450. The number of benzene rings is 1. The van der Waals surface area contributed by atoms with Crippen LogP contribution >= 0.6 is 0 Å². The van der Waals surface area contributed by atoms with Gasteiger partial charge in [-0.3, -0.25) is 4.79 Å². The summed E-state index contributed by atoms with van der Waals surface area (Å²) < 4.78 is 0. The first-order valence-corrected chi connectivity index (χ1v) is 9.10. The number of hydrogen-bond acceptors (Lipinski definition) is 5. The molecule has 1 unspecified atom stereocenters. The van der Waals surface area contributed by atoms with Crippen LogP contribution in [0.3, 0.4) is 0 Å². The number of anilines is 1. The number of nitriles is 1. The second kappa shape index (κ2) is 9.62. The molecule has 1 saturated heterocycles. The third kappa shape index (κ3) is 6.03. The van der Waals surface area contributed by atoms with Crippen LogP contribution < -0.4 is 10.2 Å². The van der Waals surface area contributed by atoms with Crippen LogP contribution in [0.15, 0.2) is 42.1 Å². The summed E-state index contributed by atoms with van der Waals surface area (Å²) in [5.74, 6) is -1.62. The Morgan fingerprint density at radius 2 is 1.85 bits per heavy atom. The fourth-order valence-electron chi connectivity index (χ4n) is 3.00. The molecular formula is C20H26N4O3. The van der Waals surface area contributed by atoms with Gasteiger partial charge in [-0.2, -0.15) is 5.26 Å². The van der Waals surface area contributed by atoms with E-state index < -0.39 is 17.9 Å². The Kier molecular flexibility index (Phi) is 7.24. The molecule has 0 saturated carbocycles. The molecule has 1 heterocycles. The lowest BCUT2D eigenvalue weighted by atomic mass is 10.0. The van der Waals surface area contributed by atoms with Gasteiger partial charge in [-0.25, -0.2) is 4.79 Å². The Labute approximate surface area is 159 Å². The third-order valence-electron chi connectivity index (χ3n) is 4.42. The van der Waals surface area contributed by atoms with Crippen LogP contribution in [0, 0.1) is 17.2 Å². The van der Waals surface area contributed by atoms with E-state index in [1.807, 2.05) is 43.0 Å². The lowest BCUT2D eigenvalue weighted by Crippen LogP contribution is -2.45. The molecule has 1 aromatic rings. The van der Waals surface area contributed by atoms with E-state index >= 15 is 0 Å². The topological polar surface area (TPSA) is 96.7 Å². The molecule has 1 fully saturated rings. The summed E-state index contributed by atoms with van der Waals surface area (Å²) in [7, 11) is 0. The molecule has 0 radical (unpaired) electrons. The predicted molar refractivity (Wildman–Crippen MR) is 103 cm³/mol. The summed E-state index contributed by atoms with van der Waals surface area (Å²) in [6.07, 6.45) is 1.85. The van der Waals surface area contributed by atoms with Crippen LogP contribution in [-0.2, 0) is 9.59 Å². The maximum atomic E-state index is 12.3. The number of rotatable bonds is 7. The maximum Gasteiger partial charge on any atom is 0.326 e. The van der Waals surface area contributed by atoms with Crippen molar-refractivity contribution >= 4 is 17.6 Å². The van der Waals surface area contributed by atoms with E-state index in [9.17, 15) is 20.0 Å². The van der Waals surface area contributed by atoms with Crippen LogP contribution in [0.2, 0.25) is 0 Å². The minimum atomic E-state index is -1.09. The highest BCUT2D eigenvalue weighted by Crippen LogP contribution is 2.16. The van der Waals surface area contributed by atoms with Gasteiger partial charge in [0, 0.05) is 38.1 Å². The van der Waals surface area contributed by atoms with Crippen LogP contribution in [-0.4, -0.2) is 54.1 Å². The Balaban J connectivity index is 1.96. The number of nitrogens with one attached hydrogen (secondary N) is 1. The number of nitrogens with zero attached hydrogens (tertiary/aromatic N) is 3. The number of carbonyl (C=O) groups is 2. The zero-order chi connectivity index (χ0) is 19.8. The molecule has 7 heteroatoms. The first kappa shape index (κ1) is 20.3. The molecule has 0 aliphatic carbocycles. The number of amides is 1. The van der Waals surface area contributed by atoms with E-state index in [0.717, 1.165) is 18.8 Å². The van der Waals surface area contributed by atoms with Gasteiger partial charge in [0.1, 0.15) is 17.7 Å². The Morgan fingerprint density at radius 3 is 2.37 bits per heavy atom.